The van der Waals surface area contributed by atoms with Crippen LogP contribution in [0.25, 0.3) is 0 Å². The van der Waals surface area contributed by atoms with E-state index < -0.39 is 0 Å². The van der Waals surface area contributed by atoms with E-state index in [0.29, 0.717) is 31.2 Å². The standard InChI is InChI=1S/C17H24ClN3O2S.ClH/c1-12(24-15-6-4-14(18)5-7-15)17(23)21-10-2-3-13(11-21)16(22)20-9-8-19;/h4-7,12-13H,2-3,8-11,19H2,1H3,(H,20,22);1H. The molecule has 0 bridgehead atoms. The SMILES string of the molecule is CC(Sc1ccc(Cl)cc1)C(=O)N1CCCC(C(=O)NCCN)C1.Cl. The number of thioether (sulfide) groups is 1. The summed E-state index contributed by atoms with van der Waals surface area (Å²) in [5, 5.41) is 3.30. The molecule has 0 saturated carbocycles. The summed E-state index contributed by atoms with van der Waals surface area (Å²) in [7, 11) is 0. The van der Waals surface area contributed by atoms with Gasteiger partial charge in [0, 0.05) is 36.1 Å². The van der Waals surface area contributed by atoms with Gasteiger partial charge in [-0.25, -0.2) is 0 Å². The second-order valence-corrected chi connectivity index (χ2v) is 7.77. The number of nitrogens with two attached hydrogens (primary N) is 1. The minimum atomic E-state index is -0.197. The zero-order valence-corrected chi connectivity index (χ0v) is 16.6. The first-order valence-electron chi connectivity index (χ1n) is 8.20. The van der Waals surface area contributed by atoms with E-state index in [-0.39, 0.29) is 35.4 Å². The van der Waals surface area contributed by atoms with Crippen molar-refractivity contribution in [3.8, 4) is 0 Å². The van der Waals surface area contributed by atoms with Gasteiger partial charge in [0.2, 0.25) is 11.8 Å². The molecule has 0 aliphatic carbocycles. The van der Waals surface area contributed by atoms with Crippen molar-refractivity contribution in [1.29, 1.82) is 0 Å². The second-order valence-electron chi connectivity index (χ2n) is 5.92. The summed E-state index contributed by atoms with van der Waals surface area (Å²) >= 11 is 7.39. The maximum atomic E-state index is 12.7. The molecule has 2 unspecified atom stereocenters. The van der Waals surface area contributed by atoms with E-state index in [9.17, 15) is 9.59 Å². The molecule has 1 aliphatic rings. The quantitative estimate of drug-likeness (QED) is 0.712. The lowest BCUT2D eigenvalue weighted by Gasteiger charge is -2.33. The molecule has 1 saturated heterocycles. The minimum absolute atomic E-state index is 0. The average Bonchev–Trinajstić information content (AvgIpc) is 2.61. The van der Waals surface area contributed by atoms with Crippen molar-refractivity contribution in [3.63, 3.8) is 0 Å². The number of amides is 2. The molecule has 8 heteroatoms. The lowest BCUT2D eigenvalue weighted by Crippen LogP contribution is -2.48. The molecule has 1 fully saturated rings. The molecule has 5 nitrogen and oxygen atoms in total. The van der Waals surface area contributed by atoms with Crippen LogP contribution >= 0.6 is 35.8 Å². The molecule has 25 heavy (non-hydrogen) atoms. The number of carbonyl (C=O) groups excluding carboxylic acids is 2. The Morgan fingerprint density at radius 3 is 2.72 bits per heavy atom. The Morgan fingerprint density at radius 1 is 1.40 bits per heavy atom. The van der Waals surface area contributed by atoms with Crippen molar-refractivity contribution in [2.75, 3.05) is 26.2 Å². The maximum Gasteiger partial charge on any atom is 0.235 e. The fourth-order valence-electron chi connectivity index (χ4n) is 2.76. The zero-order valence-electron chi connectivity index (χ0n) is 14.2. The van der Waals surface area contributed by atoms with E-state index in [1.54, 1.807) is 0 Å². The molecule has 2 atom stereocenters. The number of nitrogens with one attached hydrogen (secondary N) is 1. The van der Waals surface area contributed by atoms with Crippen LogP contribution < -0.4 is 11.1 Å². The summed E-state index contributed by atoms with van der Waals surface area (Å²) in [5.74, 6) is -0.0655. The fourth-order valence-corrected chi connectivity index (χ4v) is 3.83. The normalized spacial score (nSPS) is 18.2. The van der Waals surface area contributed by atoms with Gasteiger partial charge < -0.3 is 16.0 Å². The molecular formula is C17H25Cl2N3O2S. The van der Waals surface area contributed by atoms with E-state index in [0.717, 1.165) is 17.7 Å². The van der Waals surface area contributed by atoms with Crippen LogP contribution in [0.2, 0.25) is 5.02 Å². The highest BCUT2D eigenvalue weighted by molar-refractivity contribution is 8.00. The molecule has 2 amide bonds. The minimum Gasteiger partial charge on any atom is -0.355 e. The summed E-state index contributed by atoms with van der Waals surface area (Å²) in [6.45, 7) is 4.01. The molecule has 0 aromatic heterocycles. The number of nitrogens with zero attached hydrogens (tertiary/aromatic N) is 1. The van der Waals surface area contributed by atoms with Crippen LogP contribution in [0.15, 0.2) is 29.2 Å². The fraction of sp³-hybridized carbons (Fsp3) is 0.529. The van der Waals surface area contributed by atoms with Gasteiger partial charge in [-0.05, 0) is 44.0 Å². The monoisotopic (exact) mass is 405 g/mol. The topological polar surface area (TPSA) is 75.4 Å². The highest BCUT2D eigenvalue weighted by Crippen LogP contribution is 2.27. The number of hydrogen-bond donors (Lipinski definition) is 2. The van der Waals surface area contributed by atoms with Crippen molar-refractivity contribution >= 4 is 47.6 Å². The predicted octanol–water partition coefficient (Wildman–Crippen LogP) is 2.56. The van der Waals surface area contributed by atoms with Gasteiger partial charge in [0.15, 0.2) is 0 Å². The molecule has 140 valence electrons. The molecule has 0 radical (unpaired) electrons. The van der Waals surface area contributed by atoms with Gasteiger partial charge in [0.05, 0.1) is 11.2 Å². The predicted molar refractivity (Wildman–Crippen MR) is 105 cm³/mol. The van der Waals surface area contributed by atoms with Crippen molar-refractivity contribution in [1.82, 2.24) is 10.2 Å². The molecule has 0 spiro atoms. The van der Waals surface area contributed by atoms with Gasteiger partial charge in [-0.1, -0.05) is 11.6 Å². The first kappa shape index (κ1) is 22.1. The van der Waals surface area contributed by atoms with Gasteiger partial charge >= 0.3 is 0 Å². The van der Waals surface area contributed by atoms with Crippen molar-refractivity contribution in [2.45, 2.75) is 29.9 Å². The smallest absolute Gasteiger partial charge is 0.235 e. The molecule has 1 aromatic carbocycles. The van der Waals surface area contributed by atoms with Gasteiger partial charge in [0.1, 0.15) is 0 Å². The highest BCUT2D eigenvalue weighted by atomic mass is 35.5. The van der Waals surface area contributed by atoms with Crippen LogP contribution in [0, 0.1) is 5.92 Å². The van der Waals surface area contributed by atoms with Crippen molar-refractivity contribution in [3.05, 3.63) is 29.3 Å². The maximum absolute atomic E-state index is 12.7. The van der Waals surface area contributed by atoms with Crippen LogP contribution in [0.4, 0.5) is 0 Å². The number of benzene rings is 1. The Balaban J connectivity index is 0.00000312. The van der Waals surface area contributed by atoms with E-state index in [1.807, 2.05) is 36.1 Å². The largest absolute Gasteiger partial charge is 0.355 e. The summed E-state index contributed by atoms with van der Waals surface area (Å²) in [6.07, 6.45) is 1.67. The third-order valence-electron chi connectivity index (χ3n) is 4.02. The Bertz CT molecular complexity index is 572. The molecule has 2 rings (SSSR count). The highest BCUT2D eigenvalue weighted by Gasteiger charge is 2.30. The zero-order chi connectivity index (χ0) is 17.5. The Hall–Kier alpha value is -0.950. The Labute approximate surface area is 164 Å². The summed E-state index contributed by atoms with van der Waals surface area (Å²) in [6, 6.07) is 7.46. The summed E-state index contributed by atoms with van der Waals surface area (Å²) in [4.78, 5) is 27.6. The van der Waals surface area contributed by atoms with Crippen molar-refractivity contribution < 1.29 is 9.59 Å². The first-order chi connectivity index (χ1) is 11.5. The number of rotatable bonds is 6. The van der Waals surface area contributed by atoms with Crippen molar-refractivity contribution in [2.24, 2.45) is 11.7 Å². The number of piperidine rings is 1. The van der Waals surface area contributed by atoms with E-state index >= 15 is 0 Å². The number of halogens is 2. The third kappa shape index (κ3) is 6.70. The molecular weight excluding hydrogens is 381 g/mol. The first-order valence-corrected chi connectivity index (χ1v) is 9.46. The van der Waals surface area contributed by atoms with E-state index in [2.05, 4.69) is 5.32 Å². The molecule has 3 N–H and O–H groups in total. The Kier molecular flexibility index (Phi) is 9.64. The average molecular weight is 406 g/mol. The van der Waals surface area contributed by atoms with E-state index in [4.69, 9.17) is 17.3 Å². The van der Waals surface area contributed by atoms with E-state index in [1.165, 1.54) is 11.8 Å². The van der Waals surface area contributed by atoms with Crippen LogP contribution in [0.1, 0.15) is 19.8 Å². The number of carbonyl (C=O) groups is 2. The third-order valence-corrected chi connectivity index (χ3v) is 5.37. The lowest BCUT2D eigenvalue weighted by atomic mass is 9.97. The van der Waals surface area contributed by atoms with Gasteiger partial charge in [0.25, 0.3) is 0 Å². The second kappa shape index (κ2) is 10.9. The molecule has 1 aliphatic heterocycles. The van der Waals surface area contributed by atoms with Gasteiger partial charge in [-0.15, -0.1) is 24.2 Å². The molecule has 1 heterocycles. The summed E-state index contributed by atoms with van der Waals surface area (Å²) in [5.41, 5.74) is 5.41. The van der Waals surface area contributed by atoms with Crippen LogP contribution in [-0.2, 0) is 9.59 Å². The Morgan fingerprint density at radius 2 is 2.08 bits per heavy atom. The molecule has 1 aromatic rings. The number of likely N-dealkylation sites (tertiary alicyclic amines) is 1. The van der Waals surface area contributed by atoms with Crippen LogP contribution in [-0.4, -0.2) is 48.1 Å². The van der Waals surface area contributed by atoms with Crippen LogP contribution in [0.5, 0.6) is 0 Å². The number of hydrogen-bond acceptors (Lipinski definition) is 4. The lowest BCUT2D eigenvalue weighted by molar-refractivity contribution is -0.135. The summed E-state index contributed by atoms with van der Waals surface area (Å²) < 4.78 is 0. The van der Waals surface area contributed by atoms with Crippen LogP contribution in [0.3, 0.4) is 0 Å². The van der Waals surface area contributed by atoms with Gasteiger partial charge in [-0.2, -0.15) is 0 Å². The van der Waals surface area contributed by atoms with Gasteiger partial charge in [-0.3, -0.25) is 9.59 Å².